The van der Waals surface area contributed by atoms with Gasteiger partial charge < -0.3 is 19.7 Å². The molecular formula is C18H22N2O5S. The third-order valence-electron chi connectivity index (χ3n) is 4.69. The smallest absolute Gasteiger partial charge is 0.330 e. The molecule has 7 nitrogen and oxygen atoms in total. The Morgan fingerprint density at radius 1 is 1.42 bits per heavy atom. The van der Waals surface area contributed by atoms with E-state index >= 15 is 0 Å². The second-order valence-electron chi connectivity index (χ2n) is 6.63. The van der Waals surface area contributed by atoms with Crippen molar-refractivity contribution in [3.63, 3.8) is 0 Å². The van der Waals surface area contributed by atoms with E-state index < -0.39 is 24.5 Å². The van der Waals surface area contributed by atoms with Crippen molar-refractivity contribution in [3.05, 3.63) is 23.8 Å². The first kappa shape index (κ1) is 18.6. The summed E-state index contributed by atoms with van der Waals surface area (Å²) in [5.74, 6) is -0.00506. The fraction of sp³-hybridized carbons (Fsp3) is 0.500. The Balaban J connectivity index is 1.57. The summed E-state index contributed by atoms with van der Waals surface area (Å²) in [5.41, 5.74) is 1.49. The first-order valence-electron chi connectivity index (χ1n) is 8.41. The van der Waals surface area contributed by atoms with Crippen LogP contribution in [0.2, 0.25) is 0 Å². The zero-order chi connectivity index (χ0) is 18.9. The lowest BCUT2D eigenvalue weighted by molar-refractivity contribution is -0.155. The first-order chi connectivity index (χ1) is 12.3. The van der Waals surface area contributed by atoms with Crippen molar-refractivity contribution in [2.24, 2.45) is 0 Å². The number of thioether (sulfide) groups is 1. The van der Waals surface area contributed by atoms with Crippen LogP contribution in [0.3, 0.4) is 0 Å². The molecule has 2 heterocycles. The molecule has 0 radical (unpaired) electrons. The van der Waals surface area contributed by atoms with E-state index in [1.165, 1.54) is 7.11 Å². The van der Waals surface area contributed by atoms with Crippen LogP contribution in [0.25, 0.3) is 0 Å². The van der Waals surface area contributed by atoms with Gasteiger partial charge in [0.25, 0.3) is 5.91 Å². The molecule has 0 unspecified atom stereocenters. The van der Waals surface area contributed by atoms with Crippen molar-refractivity contribution in [3.8, 4) is 5.75 Å². The number of carbonyl (C=O) groups excluding carboxylic acids is 3. The Hall–Kier alpha value is -2.22. The van der Waals surface area contributed by atoms with Gasteiger partial charge in [0.1, 0.15) is 11.8 Å². The number of carbonyl (C=O) groups is 3. The van der Waals surface area contributed by atoms with Crippen LogP contribution < -0.4 is 10.1 Å². The number of nitrogens with one attached hydrogen (secondary N) is 1. The summed E-state index contributed by atoms with van der Waals surface area (Å²) in [5, 5.41) is 2.68. The molecular weight excluding hydrogens is 356 g/mol. The maximum Gasteiger partial charge on any atom is 0.330 e. The number of nitrogens with zero attached hydrogens (tertiary/aromatic N) is 1. The van der Waals surface area contributed by atoms with Gasteiger partial charge in [0.15, 0.2) is 6.61 Å². The molecule has 2 atom stereocenters. The average molecular weight is 378 g/mol. The van der Waals surface area contributed by atoms with Gasteiger partial charge in [-0.25, -0.2) is 4.79 Å². The van der Waals surface area contributed by atoms with Gasteiger partial charge in [-0.15, -0.1) is 11.8 Å². The standard InChI is InChI=1S/C18H22N2O5S/c1-11-4-5-14(24-3)12(8-11)19-15(21)9-25-17(23)13-10-26-18(2)7-6-16(22)20(13)18/h4-5,8,13H,6-7,9-10H2,1-3H3,(H,19,21)/t13-,18-/m0/s1. The number of methoxy groups -OCH3 is 1. The molecule has 0 saturated carbocycles. The lowest BCUT2D eigenvalue weighted by Crippen LogP contribution is -2.47. The Morgan fingerprint density at radius 3 is 2.92 bits per heavy atom. The van der Waals surface area contributed by atoms with E-state index in [4.69, 9.17) is 9.47 Å². The molecule has 2 saturated heterocycles. The highest BCUT2D eigenvalue weighted by atomic mass is 32.2. The number of anilines is 1. The Morgan fingerprint density at radius 2 is 2.19 bits per heavy atom. The topological polar surface area (TPSA) is 84.9 Å². The van der Waals surface area contributed by atoms with Gasteiger partial charge in [-0.2, -0.15) is 0 Å². The molecule has 0 spiro atoms. The van der Waals surface area contributed by atoms with Crippen LogP contribution in [0.15, 0.2) is 18.2 Å². The van der Waals surface area contributed by atoms with E-state index in [9.17, 15) is 14.4 Å². The molecule has 2 amide bonds. The van der Waals surface area contributed by atoms with E-state index in [-0.39, 0.29) is 10.8 Å². The van der Waals surface area contributed by atoms with Gasteiger partial charge in [0, 0.05) is 12.2 Å². The second kappa shape index (κ2) is 7.19. The first-order valence-corrected chi connectivity index (χ1v) is 9.40. The quantitative estimate of drug-likeness (QED) is 0.788. The lowest BCUT2D eigenvalue weighted by Gasteiger charge is -2.29. The zero-order valence-electron chi connectivity index (χ0n) is 15.0. The van der Waals surface area contributed by atoms with Gasteiger partial charge in [-0.3, -0.25) is 9.59 Å². The van der Waals surface area contributed by atoms with Crippen molar-refractivity contribution < 1.29 is 23.9 Å². The molecule has 0 bridgehead atoms. The number of esters is 1. The Labute approximate surface area is 156 Å². The third-order valence-corrected chi connectivity index (χ3v) is 6.20. The predicted octanol–water partition coefficient (Wildman–Crippen LogP) is 1.94. The summed E-state index contributed by atoms with van der Waals surface area (Å²) in [4.78, 5) is 37.9. The molecule has 140 valence electrons. The van der Waals surface area contributed by atoms with Crippen LogP contribution in [0, 0.1) is 6.92 Å². The van der Waals surface area contributed by atoms with Gasteiger partial charge in [-0.05, 0) is 38.0 Å². The molecule has 1 aromatic carbocycles. The van der Waals surface area contributed by atoms with Gasteiger partial charge in [0.05, 0.1) is 17.7 Å². The third kappa shape index (κ3) is 3.51. The summed E-state index contributed by atoms with van der Waals surface area (Å²) in [6, 6.07) is 4.78. The summed E-state index contributed by atoms with van der Waals surface area (Å²) in [7, 11) is 1.52. The summed E-state index contributed by atoms with van der Waals surface area (Å²) in [6.07, 6.45) is 1.18. The number of ether oxygens (including phenoxy) is 2. The number of benzene rings is 1. The maximum atomic E-state index is 12.4. The van der Waals surface area contributed by atoms with Crippen LogP contribution in [0.1, 0.15) is 25.3 Å². The lowest BCUT2D eigenvalue weighted by atomic mass is 10.2. The van der Waals surface area contributed by atoms with Crippen LogP contribution in [-0.4, -0.2) is 53.1 Å². The molecule has 2 fully saturated rings. The molecule has 1 aromatic rings. The van der Waals surface area contributed by atoms with Gasteiger partial charge in [0.2, 0.25) is 5.91 Å². The fourth-order valence-corrected chi connectivity index (χ4v) is 4.75. The molecule has 0 aliphatic carbocycles. The molecule has 26 heavy (non-hydrogen) atoms. The number of hydrogen-bond donors (Lipinski definition) is 1. The van der Waals surface area contributed by atoms with Crippen molar-refractivity contribution in [1.82, 2.24) is 4.90 Å². The Bertz CT molecular complexity index is 753. The largest absolute Gasteiger partial charge is 0.495 e. The van der Waals surface area contributed by atoms with Crippen molar-refractivity contribution >= 4 is 35.2 Å². The SMILES string of the molecule is COc1ccc(C)cc1NC(=O)COC(=O)[C@@H]1CS[C@@]2(C)CCC(=O)N12. The average Bonchev–Trinajstić information content (AvgIpc) is 3.09. The summed E-state index contributed by atoms with van der Waals surface area (Å²) >= 11 is 1.59. The fourth-order valence-electron chi connectivity index (χ4n) is 3.33. The predicted molar refractivity (Wildman–Crippen MR) is 98.1 cm³/mol. The number of aryl methyl sites for hydroxylation is 1. The second-order valence-corrected chi connectivity index (χ2v) is 8.13. The van der Waals surface area contributed by atoms with Crippen LogP contribution in [0.5, 0.6) is 5.75 Å². The summed E-state index contributed by atoms with van der Waals surface area (Å²) in [6.45, 7) is 3.46. The van der Waals surface area contributed by atoms with Gasteiger partial charge >= 0.3 is 5.97 Å². The van der Waals surface area contributed by atoms with Gasteiger partial charge in [-0.1, -0.05) is 6.07 Å². The highest BCUT2D eigenvalue weighted by Crippen LogP contribution is 2.47. The highest BCUT2D eigenvalue weighted by molar-refractivity contribution is 8.01. The highest BCUT2D eigenvalue weighted by Gasteiger charge is 2.53. The van der Waals surface area contributed by atoms with E-state index in [0.717, 1.165) is 12.0 Å². The zero-order valence-corrected chi connectivity index (χ0v) is 15.9. The van der Waals surface area contributed by atoms with Crippen molar-refractivity contribution in [2.45, 2.75) is 37.6 Å². The van der Waals surface area contributed by atoms with E-state index in [2.05, 4.69) is 5.32 Å². The maximum absolute atomic E-state index is 12.4. The van der Waals surface area contributed by atoms with Crippen LogP contribution in [-0.2, 0) is 19.1 Å². The number of hydrogen-bond acceptors (Lipinski definition) is 6. The van der Waals surface area contributed by atoms with E-state index in [1.807, 2.05) is 19.9 Å². The molecule has 8 heteroatoms. The minimum absolute atomic E-state index is 0.0339. The minimum Gasteiger partial charge on any atom is -0.495 e. The number of rotatable bonds is 5. The molecule has 2 aliphatic rings. The molecule has 2 aliphatic heterocycles. The molecule has 3 rings (SSSR count). The monoisotopic (exact) mass is 378 g/mol. The van der Waals surface area contributed by atoms with Crippen LogP contribution >= 0.6 is 11.8 Å². The molecule has 0 aromatic heterocycles. The number of fused-ring (bicyclic) bond motifs is 1. The molecule has 1 N–H and O–H groups in total. The van der Waals surface area contributed by atoms with Crippen molar-refractivity contribution in [1.29, 1.82) is 0 Å². The summed E-state index contributed by atoms with van der Waals surface area (Å²) < 4.78 is 10.4. The van der Waals surface area contributed by atoms with Crippen molar-refractivity contribution in [2.75, 3.05) is 24.8 Å². The van der Waals surface area contributed by atoms with Crippen LogP contribution in [0.4, 0.5) is 5.69 Å². The Kier molecular flexibility index (Phi) is 5.13. The normalized spacial score (nSPS) is 24.3. The number of amides is 2. The van der Waals surface area contributed by atoms with E-state index in [0.29, 0.717) is 23.6 Å². The minimum atomic E-state index is -0.624. The van der Waals surface area contributed by atoms with E-state index in [1.54, 1.807) is 28.8 Å².